The summed E-state index contributed by atoms with van der Waals surface area (Å²) in [4.78, 5) is 14.0. The van der Waals surface area contributed by atoms with E-state index < -0.39 is 11.4 Å². The highest BCUT2D eigenvalue weighted by Crippen LogP contribution is 2.29. The van der Waals surface area contributed by atoms with E-state index in [1.54, 1.807) is 19.0 Å². The fraction of sp³-hybridized carbons (Fsp3) is 0.200. The van der Waals surface area contributed by atoms with Crippen LogP contribution in [0, 0.1) is 18.2 Å². The summed E-state index contributed by atoms with van der Waals surface area (Å²) in [5.41, 5.74) is -0.383. The molecule has 0 saturated carbocycles. The van der Waals surface area contributed by atoms with Crippen LogP contribution in [0.1, 0.15) is 0 Å². The van der Waals surface area contributed by atoms with E-state index >= 15 is 0 Å². The smallest absolute Gasteiger partial charge is 0.292 e. The minimum atomic E-state index is -0.744. The molecule has 0 bridgehead atoms. The Morgan fingerprint density at radius 3 is 2.74 bits per heavy atom. The van der Waals surface area contributed by atoms with E-state index in [1.165, 1.54) is 12.3 Å². The number of rotatable bonds is 4. The normalized spacial score (nSPS) is 10.3. The summed E-state index contributed by atoms with van der Waals surface area (Å²) >= 11 is 11.9. The molecule has 0 aliphatic carbocycles. The van der Waals surface area contributed by atoms with Crippen molar-refractivity contribution in [2.24, 2.45) is 0 Å². The van der Waals surface area contributed by atoms with E-state index in [-0.39, 0.29) is 28.1 Å². The molecule has 0 unspecified atom stereocenters. The second kappa shape index (κ2) is 6.90. The van der Waals surface area contributed by atoms with E-state index in [0.717, 1.165) is 10.7 Å². The van der Waals surface area contributed by atoms with Crippen molar-refractivity contribution in [1.82, 2.24) is 9.78 Å². The van der Waals surface area contributed by atoms with Crippen LogP contribution in [-0.2, 0) is 0 Å². The molecule has 0 amide bonds. The van der Waals surface area contributed by atoms with Crippen LogP contribution in [-0.4, -0.2) is 30.5 Å². The molecule has 1 heterocycles. The number of hydrogen-bond acceptors (Lipinski definition) is 4. The fourth-order valence-corrected chi connectivity index (χ4v) is 2.32. The highest BCUT2D eigenvalue weighted by atomic mass is 35.5. The van der Waals surface area contributed by atoms with Crippen molar-refractivity contribution >= 4 is 28.9 Å². The van der Waals surface area contributed by atoms with Gasteiger partial charge in [-0.15, -0.1) is 6.42 Å². The van der Waals surface area contributed by atoms with Crippen LogP contribution < -0.4 is 15.2 Å². The third kappa shape index (κ3) is 3.41. The summed E-state index contributed by atoms with van der Waals surface area (Å²) in [5, 5.41) is 3.90. The first-order valence-corrected chi connectivity index (χ1v) is 7.13. The molecular weight excluding hydrogens is 344 g/mol. The van der Waals surface area contributed by atoms with Gasteiger partial charge in [-0.3, -0.25) is 4.79 Å². The molecule has 0 radical (unpaired) electrons. The van der Waals surface area contributed by atoms with Crippen molar-refractivity contribution in [3.8, 4) is 23.8 Å². The molecule has 0 spiro atoms. The summed E-state index contributed by atoms with van der Waals surface area (Å²) in [5.74, 6) is 1.67. The number of terminal acetylenes is 1. The average molecular weight is 356 g/mol. The van der Waals surface area contributed by atoms with Gasteiger partial charge < -0.3 is 9.64 Å². The predicted octanol–water partition coefficient (Wildman–Crippen LogP) is 2.76. The van der Waals surface area contributed by atoms with Crippen LogP contribution in [0.4, 0.5) is 10.1 Å². The lowest BCUT2D eigenvalue weighted by molar-refractivity contribution is 0.369. The van der Waals surface area contributed by atoms with Crippen LogP contribution in [0.2, 0.25) is 10.0 Å². The molecular formula is C15H12Cl2FN3O2. The summed E-state index contributed by atoms with van der Waals surface area (Å²) in [6, 6.07) is 2.26. The van der Waals surface area contributed by atoms with Gasteiger partial charge in [0.2, 0.25) is 0 Å². The van der Waals surface area contributed by atoms with Gasteiger partial charge in [-0.25, -0.2) is 4.39 Å². The van der Waals surface area contributed by atoms with Crippen molar-refractivity contribution in [1.29, 1.82) is 0 Å². The standard InChI is InChI=1S/C15H12Cl2FN3O2/c1-4-5-23-13-7-11(10(18)6-9(13)16)21-15(22)14(17)12(8-19-21)20(2)3/h1,6-8H,5H2,2-3H3. The Bertz CT molecular complexity index is 844. The Balaban J connectivity index is 2.61. The Kier molecular flexibility index (Phi) is 5.14. The number of halogens is 3. The molecule has 2 aromatic rings. The van der Waals surface area contributed by atoms with Crippen LogP contribution in [0.5, 0.6) is 5.75 Å². The first kappa shape index (κ1) is 17.1. The average Bonchev–Trinajstić information content (AvgIpc) is 2.49. The zero-order valence-corrected chi connectivity index (χ0v) is 13.8. The molecule has 2 rings (SSSR count). The molecule has 0 saturated heterocycles. The summed E-state index contributed by atoms with van der Waals surface area (Å²) in [6.07, 6.45) is 6.47. The zero-order chi connectivity index (χ0) is 17.1. The number of hydrogen-bond donors (Lipinski definition) is 0. The van der Waals surface area contributed by atoms with Gasteiger partial charge in [-0.05, 0) is 6.07 Å². The zero-order valence-electron chi connectivity index (χ0n) is 12.3. The minimum absolute atomic E-state index is 0.0329. The topological polar surface area (TPSA) is 47.4 Å². The van der Waals surface area contributed by atoms with Gasteiger partial charge in [0.15, 0.2) is 5.82 Å². The Morgan fingerprint density at radius 2 is 2.13 bits per heavy atom. The lowest BCUT2D eigenvalue weighted by Gasteiger charge is -2.15. The van der Waals surface area contributed by atoms with Crippen LogP contribution in [0.25, 0.3) is 5.69 Å². The molecule has 5 nitrogen and oxygen atoms in total. The first-order chi connectivity index (χ1) is 10.9. The number of benzene rings is 1. The fourth-order valence-electron chi connectivity index (χ4n) is 1.82. The molecule has 1 aromatic heterocycles. The van der Waals surface area contributed by atoms with Crippen LogP contribution >= 0.6 is 23.2 Å². The molecule has 120 valence electrons. The second-order valence-corrected chi connectivity index (χ2v) is 5.47. The third-order valence-electron chi connectivity index (χ3n) is 2.92. The monoisotopic (exact) mass is 355 g/mol. The quantitative estimate of drug-likeness (QED) is 0.791. The lowest BCUT2D eigenvalue weighted by atomic mass is 10.2. The Morgan fingerprint density at radius 1 is 1.43 bits per heavy atom. The molecule has 0 aliphatic rings. The van der Waals surface area contributed by atoms with Crippen molar-refractivity contribution in [3.05, 3.63) is 44.5 Å². The Labute approximate surface area is 142 Å². The molecule has 0 atom stereocenters. The maximum atomic E-state index is 14.2. The van der Waals surface area contributed by atoms with Crippen LogP contribution in [0.15, 0.2) is 23.1 Å². The minimum Gasteiger partial charge on any atom is -0.479 e. The molecule has 1 aromatic carbocycles. The highest BCUT2D eigenvalue weighted by molar-refractivity contribution is 6.33. The molecule has 23 heavy (non-hydrogen) atoms. The van der Waals surface area contributed by atoms with Crippen molar-refractivity contribution in [3.63, 3.8) is 0 Å². The first-order valence-electron chi connectivity index (χ1n) is 6.37. The van der Waals surface area contributed by atoms with Crippen LogP contribution in [0.3, 0.4) is 0 Å². The third-order valence-corrected chi connectivity index (χ3v) is 3.57. The van der Waals surface area contributed by atoms with Gasteiger partial charge in [-0.2, -0.15) is 9.78 Å². The van der Waals surface area contributed by atoms with E-state index in [2.05, 4.69) is 11.0 Å². The largest absolute Gasteiger partial charge is 0.479 e. The molecule has 8 heteroatoms. The van der Waals surface area contributed by atoms with Crippen molar-refractivity contribution in [2.45, 2.75) is 0 Å². The second-order valence-electron chi connectivity index (χ2n) is 4.68. The lowest BCUT2D eigenvalue weighted by Crippen LogP contribution is -2.25. The number of ether oxygens (including phenoxy) is 1. The number of anilines is 1. The van der Waals surface area contributed by atoms with Gasteiger partial charge in [0.05, 0.1) is 16.9 Å². The number of aromatic nitrogens is 2. The molecule has 0 fully saturated rings. The van der Waals surface area contributed by atoms with E-state index in [0.29, 0.717) is 5.69 Å². The predicted molar refractivity (Wildman–Crippen MR) is 88.5 cm³/mol. The van der Waals surface area contributed by atoms with Gasteiger partial charge in [0.25, 0.3) is 5.56 Å². The molecule has 0 aliphatic heterocycles. The number of nitrogens with zero attached hydrogens (tertiary/aromatic N) is 3. The van der Waals surface area contributed by atoms with E-state index in [4.69, 9.17) is 34.4 Å². The van der Waals surface area contributed by atoms with E-state index in [1.807, 2.05) is 0 Å². The highest BCUT2D eigenvalue weighted by Gasteiger charge is 2.17. The molecule has 0 N–H and O–H groups in total. The Hall–Kier alpha value is -2.23. The summed E-state index contributed by atoms with van der Waals surface area (Å²) in [6.45, 7) is -0.0482. The summed E-state index contributed by atoms with van der Waals surface area (Å²) in [7, 11) is 3.42. The maximum absolute atomic E-state index is 14.2. The van der Waals surface area contributed by atoms with Gasteiger partial charge in [-0.1, -0.05) is 29.1 Å². The van der Waals surface area contributed by atoms with Gasteiger partial charge in [0, 0.05) is 20.2 Å². The van der Waals surface area contributed by atoms with Crippen molar-refractivity contribution in [2.75, 3.05) is 25.6 Å². The van der Waals surface area contributed by atoms with Crippen molar-refractivity contribution < 1.29 is 9.13 Å². The van der Waals surface area contributed by atoms with Gasteiger partial charge in [0.1, 0.15) is 23.1 Å². The summed E-state index contributed by atoms with van der Waals surface area (Å²) < 4.78 is 20.2. The van der Waals surface area contributed by atoms with E-state index in [9.17, 15) is 9.18 Å². The van der Waals surface area contributed by atoms with Gasteiger partial charge >= 0.3 is 0 Å². The maximum Gasteiger partial charge on any atom is 0.292 e. The SMILES string of the molecule is C#CCOc1cc(-n2ncc(N(C)C)c(Cl)c2=O)c(F)cc1Cl.